The number of halogens is 7. The van der Waals surface area contributed by atoms with Crippen LogP contribution in [0.15, 0.2) is 29.2 Å². The molecule has 0 saturated carbocycles. The molecule has 18 heavy (non-hydrogen) atoms. The van der Waals surface area contributed by atoms with E-state index in [4.69, 9.17) is 0 Å². The van der Waals surface area contributed by atoms with Gasteiger partial charge in [0.05, 0.1) is 11.2 Å². The normalized spacial score (nSPS) is 15.6. The summed E-state index contributed by atoms with van der Waals surface area (Å²) in [5.74, 6) is -6.39. The molecular formula is C9H4F7OS. The number of hydrogen-bond acceptors (Lipinski definition) is 1. The Hall–Kier alpha value is -0.960. The van der Waals surface area contributed by atoms with Gasteiger partial charge < -0.3 is 4.55 Å². The lowest BCUT2D eigenvalue weighted by atomic mass is 10.3. The maximum Gasteiger partial charge on any atom is 0.486 e. The smallest absolute Gasteiger partial charge is 0.486 e. The summed E-state index contributed by atoms with van der Waals surface area (Å²) >= 11 is -3.87. The van der Waals surface area contributed by atoms with E-state index in [1.807, 2.05) is 6.07 Å². The Balaban J connectivity index is 3.15. The van der Waals surface area contributed by atoms with E-state index < -0.39 is 33.4 Å². The highest BCUT2D eigenvalue weighted by molar-refractivity contribution is 7.92. The Morgan fingerprint density at radius 1 is 1.00 bits per heavy atom. The molecule has 0 spiro atoms. The summed E-state index contributed by atoms with van der Waals surface area (Å²) in [5, 5.41) is -5.77. The molecule has 1 aromatic rings. The fourth-order valence-corrected chi connectivity index (χ4v) is 1.91. The van der Waals surface area contributed by atoms with E-state index in [0.717, 1.165) is 18.2 Å². The zero-order valence-corrected chi connectivity index (χ0v) is 9.09. The average Bonchev–Trinajstić information content (AvgIpc) is 2.27. The predicted octanol–water partition coefficient (Wildman–Crippen LogP) is 3.38. The van der Waals surface area contributed by atoms with Crippen LogP contribution >= 0.6 is 0 Å². The molecule has 9 heteroatoms. The van der Waals surface area contributed by atoms with Gasteiger partial charge in [0.2, 0.25) is 0 Å². The van der Waals surface area contributed by atoms with E-state index in [1.165, 1.54) is 6.07 Å². The second-order valence-electron chi connectivity index (χ2n) is 3.08. The number of benzene rings is 1. The van der Waals surface area contributed by atoms with Crippen LogP contribution in [-0.2, 0) is 11.2 Å². The van der Waals surface area contributed by atoms with Gasteiger partial charge in [0, 0.05) is 6.07 Å². The molecule has 0 aliphatic heterocycles. The summed E-state index contributed by atoms with van der Waals surface area (Å²) in [6.45, 7) is 0. The first-order chi connectivity index (χ1) is 8.02. The van der Waals surface area contributed by atoms with Crippen molar-refractivity contribution < 1.29 is 35.3 Å². The van der Waals surface area contributed by atoms with Crippen molar-refractivity contribution in [3.63, 3.8) is 0 Å². The molecule has 1 rings (SSSR count). The van der Waals surface area contributed by atoms with E-state index in [0.29, 0.717) is 0 Å². The quantitative estimate of drug-likeness (QED) is 0.619. The molecular weight excluding hydrogens is 289 g/mol. The molecule has 0 aliphatic rings. The lowest BCUT2D eigenvalue weighted by Crippen LogP contribution is -2.55. The van der Waals surface area contributed by atoms with E-state index in [2.05, 4.69) is 0 Å². The van der Waals surface area contributed by atoms with Crippen LogP contribution in [0.4, 0.5) is 30.7 Å². The molecule has 0 N–H and O–H groups in total. The van der Waals surface area contributed by atoms with E-state index in [-0.39, 0.29) is 0 Å². The van der Waals surface area contributed by atoms with Crippen LogP contribution < -0.4 is 0 Å². The van der Waals surface area contributed by atoms with Gasteiger partial charge in [0.25, 0.3) is 0 Å². The first kappa shape index (κ1) is 15.1. The zero-order valence-electron chi connectivity index (χ0n) is 8.27. The third-order valence-electron chi connectivity index (χ3n) is 1.83. The zero-order chi connectivity index (χ0) is 14.2. The molecule has 0 aromatic heterocycles. The van der Waals surface area contributed by atoms with E-state index in [9.17, 15) is 35.3 Å². The molecule has 1 atom stereocenters. The molecule has 101 valence electrons. The summed E-state index contributed by atoms with van der Waals surface area (Å²) in [5.41, 5.74) is 0. The van der Waals surface area contributed by atoms with Crippen molar-refractivity contribution in [2.45, 2.75) is 22.2 Å². The highest BCUT2D eigenvalue weighted by Crippen LogP contribution is 2.50. The van der Waals surface area contributed by atoms with E-state index in [1.54, 1.807) is 0 Å². The van der Waals surface area contributed by atoms with Crippen molar-refractivity contribution in [2.75, 3.05) is 0 Å². The third kappa shape index (κ3) is 2.41. The van der Waals surface area contributed by atoms with Gasteiger partial charge in [0.1, 0.15) is 0 Å². The minimum absolute atomic E-state index is 0.719. The molecule has 0 amide bonds. The number of rotatable bonds is 3. The summed E-state index contributed by atoms with van der Waals surface area (Å²) in [6.07, 6.45) is -6.50. The standard InChI is InChI=1S/C9H4F7OS/c10-7(11,8(12,13)14)9(15,16)18(17)6-4-2-1-3-5-6/h1-4H. The Kier molecular flexibility index (Phi) is 3.87. The van der Waals surface area contributed by atoms with Gasteiger partial charge in [-0.15, -0.1) is 8.78 Å². The Bertz CT molecular complexity index is 403. The molecule has 1 aromatic carbocycles. The Morgan fingerprint density at radius 2 is 1.56 bits per heavy atom. The Labute approximate surface area is 99.8 Å². The average molecular weight is 293 g/mol. The summed E-state index contributed by atoms with van der Waals surface area (Å²) in [4.78, 5) is -0.938. The first-order valence-electron chi connectivity index (χ1n) is 4.23. The van der Waals surface area contributed by atoms with Gasteiger partial charge in [-0.1, -0.05) is 12.1 Å². The maximum absolute atomic E-state index is 13.0. The van der Waals surface area contributed by atoms with Crippen molar-refractivity contribution >= 4 is 11.2 Å². The van der Waals surface area contributed by atoms with Gasteiger partial charge in [-0.25, -0.2) is 0 Å². The van der Waals surface area contributed by atoms with Gasteiger partial charge in [-0.2, -0.15) is 22.0 Å². The molecule has 1 radical (unpaired) electrons. The monoisotopic (exact) mass is 293 g/mol. The number of alkyl halides is 7. The SMILES string of the molecule is [O-][S+](c1[c]cccc1)C(F)(F)C(F)(F)C(F)(F)F. The topological polar surface area (TPSA) is 23.1 Å². The molecule has 1 unspecified atom stereocenters. The van der Waals surface area contributed by atoms with Crippen molar-refractivity contribution in [3.05, 3.63) is 30.3 Å². The highest BCUT2D eigenvalue weighted by Gasteiger charge is 2.80. The van der Waals surface area contributed by atoms with Crippen molar-refractivity contribution in [1.29, 1.82) is 0 Å². The van der Waals surface area contributed by atoms with Gasteiger partial charge >= 0.3 is 17.4 Å². The predicted molar refractivity (Wildman–Crippen MR) is 47.6 cm³/mol. The first-order valence-corrected chi connectivity index (χ1v) is 5.37. The summed E-state index contributed by atoms with van der Waals surface area (Å²) in [7, 11) is 0. The second-order valence-corrected chi connectivity index (χ2v) is 4.57. The summed E-state index contributed by atoms with van der Waals surface area (Å²) in [6, 6.07) is 5.91. The highest BCUT2D eigenvalue weighted by atomic mass is 32.2. The van der Waals surface area contributed by atoms with Crippen LogP contribution in [0, 0.1) is 6.07 Å². The van der Waals surface area contributed by atoms with Crippen LogP contribution in [0.5, 0.6) is 0 Å². The summed E-state index contributed by atoms with van der Waals surface area (Å²) < 4.78 is 97.7. The Morgan fingerprint density at radius 3 is 1.94 bits per heavy atom. The van der Waals surface area contributed by atoms with Gasteiger partial charge in [0.15, 0.2) is 4.90 Å². The van der Waals surface area contributed by atoms with Crippen LogP contribution in [0.1, 0.15) is 0 Å². The number of hydrogen-bond donors (Lipinski definition) is 0. The molecule has 0 fully saturated rings. The molecule has 0 bridgehead atoms. The maximum atomic E-state index is 13.0. The molecule has 0 saturated heterocycles. The van der Waals surface area contributed by atoms with Crippen LogP contribution in [0.2, 0.25) is 0 Å². The van der Waals surface area contributed by atoms with Crippen molar-refractivity contribution in [2.24, 2.45) is 0 Å². The second kappa shape index (κ2) is 4.61. The lowest BCUT2D eigenvalue weighted by molar-refractivity contribution is -0.332. The van der Waals surface area contributed by atoms with Gasteiger partial charge in [-0.3, -0.25) is 0 Å². The fraction of sp³-hybridized carbons (Fsp3) is 0.333. The van der Waals surface area contributed by atoms with Crippen LogP contribution in [-0.4, -0.2) is 21.9 Å². The van der Waals surface area contributed by atoms with Gasteiger partial charge in [-0.05, 0) is 12.1 Å². The fourth-order valence-electron chi connectivity index (χ4n) is 0.912. The third-order valence-corrected chi connectivity index (χ3v) is 3.21. The molecule has 1 nitrogen and oxygen atoms in total. The largest absolute Gasteiger partial charge is 0.606 e. The minimum atomic E-state index is -6.50. The van der Waals surface area contributed by atoms with Crippen LogP contribution in [0.25, 0.3) is 0 Å². The molecule has 0 aliphatic carbocycles. The van der Waals surface area contributed by atoms with Crippen molar-refractivity contribution in [1.82, 2.24) is 0 Å². The lowest BCUT2D eigenvalue weighted by Gasteiger charge is -2.28. The van der Waals surface area contributed by atoms with Crippen molar-refractivity contribution in [3.8, 4) is 0 Å². The minimum Gasteiger partial charge on any atom is -0.606 e. The molecule has 0 heterocycles. The van der Waals surface area contributed by atoms with Crippen LogP contribution in [0.3, 0.4) is 0 Å². The van der Waals surface area contributed by atoms with E-state index >= 15 is 0 Å².